The second-order valence-corrected chi connectivity index (χ2v) is 6.89. The highest BCUT2D eigenvalue weighted by Gasteiger charge is 2.24. The van der Waals surface area contributed by atoms with E-state index in [0.29, 0.717) is 18.8 Å². The van der Waals surface area contributed by atoms with Gasteiger partial charge in [0.05, 0.1) is 11.3 Å². The first kappa shape index (κ1) is 16.6. The first-order valence-electron chi connectivity index (χ1n) is 7.65. The fourth-order valence-electron chi connectivity index (χ4n) is 3.06. The summed E-state index contributed by atoms with van der Waals surface area (Å²) in [6.45, 7) is 4.83. The van der Waals surface area contributed by atoms with E-state index >= 15 is 0 Å². The summed E-state index contributed by atoms with van der Waals surface area (Å²) in [6, 6.07) is 7.09. The van der Waals surface area contributed by atoms with Crippen LogP contribution in [0, 0.1) is 13.8 Å². The number of pyridine rings is 1. The Morgan fingerprint density at radius 1 is 1.25 bits per heavy atom. The van der Waals surface area contributed by atoms with Crippen LogP contribution in [0.25, 0.3) is 0 Å². The standard InChI is InChI=1S/C18H17BrN2O3/c1-10-7-13(19)8-12-5-6-21(9-15(10)12)17(22)16-4-3-14(18(23)24)11(2)20-16/h3-4,7-8H,5-6,9H2,1-2H3,(H,23,24). The molecular formula is C18H17BrN2O3. The summed E-state index contributed by atoms with van der Waals surface area (Å²) >= 11 is 3.51. The molecule has 1 aromatic heterocycles. The molecule has 0 saturated heterocycles. The summed E-state index contributed by atoms with van der Waals surface area (Å²) in [5.74, 6) is -1.20. The van der Waals surface area contributed by atoms with Crippen molar-refractivity contribution in [3.8, 4) is 0 Å². The number of hydrogen-bond acceptors (Lipinski definition) is 3. The fourth-order valence-corrected chi connectivity index (χ4v) is 3.68. The molecule has 6 heteroatoms. The van der Waals surface area contributed by atoms with Crippen molar-refractivity contribution < 1.29 is 14.7 Å². The molecule has 1 aromatic carbocycles. The van der Waals surface area contributed by atoms with Gasteiger partial charge in [-0.05, 0) is 61.2 Å². The van der Waals surface area contributed by atoms with Gasteiger partial charge in [0.15, 0.2) is 0 Å². The Balaban J connectivity index is 1.86. The number of benzene rings is 1. The zero-order valence-corrected chi connectivity index (χ0v) is 15.1. The molecule has 1 aliphatic heterocycles. The minimum absolute atomic E-state index is 0.122. The highest BCUT2D eigenvalue weighted by atomic mass is 79.9. The summed E-state index contributed by atoms with van der Waals surface area (Å²) < 4.78 is 1.06. The summed E-state index contributed by atoms with van der Waals surface area (Å²) in [4.78, 5) is 29.7. The van der Waals surface area contributed by atoms with E-state index in [0.717, 1.165) is 16.5 Å². The van der Waals surface area contributed by atoms with E-state index in [2.05, 4.69) is 33.0 Å². The van der Waals surface area contributed by atoms with Crippen LogP contribution in [0.3, 0.4) is 0 Å². The number of carbonyl (C=O) groups excluding carboxylic acids is 1. The number of aryl methyl sites for hydroxylation is 2. The highest BCUT2D eigenvalue weighted by Crippen LogP contribution is 2.27. The third kappa shape index (κ3) is 3.06. The average Bonchev–Trinajstić information content (AvgIpc) is 2.53. The van der Waals surface area contributed by atoms with Gasteiger partial charge in [-0.15, -0.1) is 0 Å². The van der Waals surface area contributed by atoms with Crippen LogP contribution in [-0.2, 0) is 13.0 Å². The SMILES string of the molecule is Cc1cc(Br)cc2c1CN(C(=O)c1ccc(C(=O)O)c(C)n1)CC2. The van der Waals surface area contributed by atoms with Gasteiger partial charge in [0.2, 0.25) is 0 Å². The van der Waals surface area contributed by atoms with Gasteiger partial charge in [-0.1, -0.05) is 15.9 Å². The smallest absolute Gasteiger partial charge is 0.337 e. The Morgan fingerprint density at radius 2 is 2.00 bits per heavy atom. The van der Waals surface area contributed by atoms with E-state index < -0.39 is 5.97 Å². The number of carboxylic acid groups (broad SMARTS) is 1. The molecule has 0 atom stereocenters. The lowest BCUT2D eigenvalue weighted by molar-refractivity contribution is 0.0689. The van der Waals surface area contributed by atoms with Gasteiger partial charge in [0.1, 0.15) is 5.69 Å². The summed E-state index contributed by atoms with van der Waals surface area (Å²) in [6.07, 6.45) is 0.799. The van der Waals surface area contributed by atoms with Crippen LogP contribution in [0.15, 0.2) is 28.7 Å². The Hall–Kier alpha value is -2.21. The van der Waals surface area contributed by atoms with E-state index in [1.807, 2.05) is 6.92 Å². The molecule has 1 aliphatic rings. The predicted molar refractivity (Wildman–Crippen MR) is 93.3 cm³/mol. The van der Waals surface area contributed by atoms with Crippen LogP contribution >= 0.6 is 15.9 Å². The van der Waals surface area contributed by atoms with E-state index in [1.165, 1.54) is 23.3 Å². The molecule has 0 radical (unpaired) electrons. The zero-order valence-electron chi connectivity index (χ0n) is 13.5. The number of hydrogen-bond donors (Lipinski definition) is 1. The highest BCUT2D eigenvalue weighted by molar-refractivity contribution is 9.10. The second kappa shape index (κ2) is 6.36. The van der Waals surface area contributed by atoms with Crippen molar-refractivity contribution in [1.82, 2.24) is 9.88 Å². The van der Waals surface area contributed by atoms with E-state index in [4.69, 9.17) is 5.11 Å². The maximum Gasteiger partial charge on any atom is 0.337 e. The van der Waals surface area contributed by atoms with Crippen molar-refractivity contribution in [2.45, 2.75) is 26.8 Å². The molecule has 5 nitrogen and oxygen atoms in total. The first-order valence-corrected chi connectivity index (χ1v) is 8.44. The molecule has 0 saturated carbocycles. The Kier molecular flexibility index (Phi) is 4.41. The zero-order chi connectivity index (χ0) is 17.4. The van der Waals surface area contributed by atoms with Crippen LogP contribution < -0.4 is 0 Å². The van der Waals surface area contributed by atoms with E-state index in [9.17, 15) is 9.59 Å². The number of nitrogens with zero attached hydrogens (tertiary/aromatic N) is 2. The molecule has 1 N–H and O–H groups in total. The van der Waals surface area contributed by atoms with Gasteiger partial charge >= 0.3 is 5.97 Å². The van der Waals surface area contributed by atoms with Crippen molar-refractivity contribution in [3.05, 3.63) is 62.4 Å². The molecule has 0 unspecified atom stereocenters. The molecule has 2 heterocycles. The molecule has 24 heavy (non-hydrogen) atoms. The first-order chi connectivity index (χ1) is 11.4. The van der Waals surface area contributed by atoms with Crippen molar-refractivity contribution in [2.24, 2.45) is 0 Å². The minimum atomic E-state index is -1.04. The molecule has 0 bridgehead atoms. The topological polar surface area (TPSA) is 70.5 Å². The summed E-state index contributed by atoms with van der Waals surface area (Å²) in [5, 5.41) is 9.07. The van der Waals surface area contributed by atoms with Gasteiger partial charge in [-0.3, -0.25) is 4.79 Å². The average molecular weight is 389 g/mol. The van der Waals surface area contributed by atoms with E-state index in [1.54, 1.807) is 11.8 Å². The van der Waals surface area contributed by atoms with Crippen LogP contribution in [0.2, 0.25) is 0 Å². The van der Waals surface area contributed by atoms with Crippen LogP contribution in [0.4, 0.5) is 0 Å². The number of halogens is 1. The molecule has 0 spiro atoms. The lowest BCUT2D eigenvalue weighted by Crippen LogP contribution is -2.37. The minimum Gasteiger partial charge on any atom is -0.478 e. The lowest BCUT2D eigenvalue weighted by Gasteiger charge is -2.30. The molecule has 124 valence electrons. The second-order valence-electron chi connectivity index (χ2n) is 5.97. The number of carbonyl (C=O) groups is 2. The third-order valence-electron chi connectivity index (χ3n) is 4.35. The monoisotopic (exact) mass is 388 g/mol. The quantitative estimate of drug-likeness (QED) is 0.855. The van der Waals surface area contributed by atoms with Crippen molar-refractivity contribution in [1.29, 1.82) is 0 Å². The van der Waals surface area contributed by atoms with Gasteiger partial charge in [-0.2, -0.15) is 0 Å². The summed E-state index contributed by atoms with van der Waals surface area (Å²) in [7, 11) is 0. The van der Waals surface area contributed by atoms with Crippen molar-refractivity contribution in [2.75, 3.05) is 6.54 Å². The normalized spacial score (nSPS) is 13.5. The molecule has 2 aromatic rings. The molecule has 0 fully saturated rings. The van der Waals surface area contributed by atoms with Gasteiger partial charge in [0.25, 0.3) is 5.91 Å². The molecule has 3 rings (SSSR count). The summed E-state index contributed by atoms with van der Waals surface area (Å²) in [5.41, 5.74) is 4.35. The van der Waals surface area contributed by atoms with Crippen LogP contribution in [-0.4, -0.2) is 33.4 Å². The van der Waals surface area contributed by atoms with Crippen molar-refractivity contribution in [3.63, 3.8) is 0 Å². The molecular weight excluding hydrogens is 372 g/mol. The van der Waals surface area contributed by atoms with Gasteiger partial charge < -0.3 is 10.0 Å². The number of rotatable bonds is 2. The van der Waals surface area contributed by atoms with Crippen LogP contribution in [0.1, 0.15) is 43.2 Å². The number of aromatic nitrogens is 1. The Bertz CT molecular complexity index is 848. The number of fused-ring (bicyclic) bond motifs is 1. The Morgan fingerprint density at radius 3 is 2.67 bits per heavy atom. The number of amides is 1. The predicted octanol–water partition coefficient (Wildman–Crippen LogP) is 3.36. The Labute approximate surface area is 148 Å². The van der Waals surface area contributed by atoms with Gasteiger partial charge in [-0.25, -0.2) is 9.78 Å². The van der Waals surface area contributed by atoms with Crippen molar-refractivity contribution >= 4 is 27.8 Å². The van der Waals surface area contributed by atoms with Crippen LogP contribution in [0.5, 0.6) is 0 Å². The molecule has 1 amide bonds. The maximum absolute atomic E-state index is 12.7. The van der Waals surface area contributed by atoms with E-state index in [-0.39, 0.29) is 17.2 Å². The fraction of sp³-hybridized carbons (Fsp3) is 0.278. The lowest BCUT2D eigenvalue weighted by atomic mass is 9.95. The number of carboxylic acids is 1. The maximum atomic E-state index is 12.7. The largest absolute Gasteiger partial charge is 0.478 e. The van der Waals surface area contributed by atoms with Gasteiger partial charge in [0, 0.05) is 17.6 Å². The number of aromatic carboxylic acids is 1. The third-order valence-corrected chi connectivity index (χ3v) is 4.81. The molecule has 0 aliphatic carbocycles.